The number of halogens is 2. The SMILES string of the molecule is C\C=C(Br)/C=C(F)\C(=C/C)NCCC(C)CC(N)N. The maximum absolute atomic E-state index is 13.9. The molecule has 0 aromatic carbocycles. The number of hydrogen-bond donors (Lipinski definition) is 3. The Morgan fingerprint density at radius 1 is 1.32 bits per heavy atom. The van der Waals surface area contributed by atoms with Crippen molar-refractivity contribution >= 4 is 15.9 Å². The Morgan fingerprint density at radius 3 is 2.42 bits per heavy atom. The van der Waals surface area contributed by atoms with Gasteiger partial charge in [-0.3, -0.25) is 0 Å². The van der Waals surface area contributed by atoms with Crippen molar-refractivity contribution in [1.82, 2.24) is 5.32 Å². The summed E-state index contributed by atoms with van der Waals surface area (Å²) in [6, 6.07) is 0. The summed E-state index contributed by atoms with van der Waals surface area (Å²) in [5.74, 6) is 0.135. The van der Waals surface area contributed by atoms with Gasteiger partial charge in [-0.2, -0.15) is 0 Å². The van der Waals surface area contributed by atoms with Crippen LogP contribution in [0.1, 0.15) is 33.6 Å². The van der Waals surface area contributed by atoms with Gasteiger partial charge in [0.15, 0.2) is 0 Å². The number of hydrogen-bond acceptors (Lipinski definition) is 3. The summed E-state index contributed by atoms with van der Waals surface area (Å²) in [4.78, 5) is 0. The van der Waals surface area contributed by atoms with E-state index in [-0.39, 0.29) is 12.0 Å². The molecule has 1 atom stereocenters. The van der Waals surface area contributed by atoms with Crippen molar-refractivity contribution in [2.45, 2.75) is 39.8 Å². The van der Waals surface area contributed by atoms with Gasteiger partial charge in [-0.15, -0.1) is 0 Å². The first-order valence-corrected chi connectivity index (χ1v) is 7.30. The van der Waals surface area contributed by atoms with Crippen LogP contribution in [0, 0.1) is 5.92 Å². The average Bonchev–Trinajstić information content (AvgIpc) is 2.33. The molecule has 0 saturated carbocycles. The van der Waals surface area contributed by atoms with E-state index in [0.29, 0.717) is 22.6 Å². The molecule has 0 radical (unpaired) electrons. The van der Waals surface area contributed by atoms with Crippen LogP contribution in [0.15, 0.2) is 34.2 Å². The lowest BCUT2D eigenvalue weighted by Crippen LogP contribution is -2.32. The van der Waals surface area contributed by atoms with Crippen LogP contribution < -0.4 is 16.8 Å². The largest absolute Gasteiger partial charge is 0.383 e. The van der Waals surface area contributed by atoms with Crippen LogP contribution in [0.2, 0.25) is 0 Å². The van der Waals surface area contributed by atoms with Gasteiger partial charge in [-0.05, 0) is 38.7 Å². The summed E-state index contributed by atoms with van der Waals surface area (Å²) in [7, 11) is 0. The number of nitrogens with one attached hydrogen (secondary N) is 1. The second-order valence-corrected chi connectivity index (χ2v) is 5.50. The van der Waals surface area contributed by atoms with Crippen molar-refractivity contribution in [2.24, 2.45) is 17.4 Å². The normalized spacial score (nSPS) is 15.9. The van der Waals surface area contributed by atoms with Gasteiger partial charge in [0, 0.05) is 11.0 Å². The first kappa shape index (κ1) is 18.4. The van der Waals surface area contributed by atoms with Gasteiger partial charge in [-0.1, -0.05) is 35.0 Å². The minimum atomic E-state index is -0.282. The van der Waals surface area contributed by atoms with Gasteiger partial charge >= 0.3 is 0 Å². The van der Waals surface area contributed by atoms with E-state index in [1.54, 1.807) is 19.1 Å². The zero-order valence-corrected chi connectivity index (χ0v) is 13.5. The third-order valence-corrected chi connectivity index (χ3v) is 3.40. The van der Waals surface area contributed by atoms with Crippen LogP contribution in [-0.4, -0.2) is 12.7 Å². The van der Waals surface area contributed by atoms with Crippen LogP contribution >= 0.6 is 15.9 Å². The van der Waals surface area contributed by atoms with Crippen LogP contribution in [0.4, 0.5) is 4.39 Å². The maximum Gasteiger partial charge on any atom is 0.147 e. The fourth-order valence-electron chi connectivity index (χ4n) is 1.64. The molecule has 0 amide bonds. The molecule has 5 N–H and O–H groups in total. The zero-order chi connectivity index (χ0) is 14.8. The second-order valence-electron chi connectivity index (χ2n) is 4.59. The average molecular weight is 334 g/mol. The molecule has 3 nitrogen and oxygen atoms in total. The molecule has 19 heavy (non-hydrogen) atoms. The van der Waals surface area contributed by atoms with Crippen molar-refractivity contribution in [2.75, 3.05) is 6.54 Å². The van der Waals surface area contributed by atoms with E-state index >= 15 is 0 Å². The molecule has 0 rings (SSSR count). The second kappa shape index (κ2) is 10.2. The van der Waals surface area contributed by atoms with Crippen LogP contribution in [0.3, 0.4) is 0 Å². The van der Waals surface area contributed by atoms with Crippen molar-refractivity contribution in [3.63, 3.8) is 0 Å². The van der Waals surface area contributed by atoms with Crippen LogP contribution in [-0.2, 0) is 0 Å². The number of nitrogens with two attached hydrogens (primary N) is 2. The Hall–Kier alpha value is -0.650. The topological polar surface area (TPSA) is 64.1 Å². The standard InChI is InChI=1S/C14H25BrFN3/c1-4-11(15)9-12(16)13(5-2)19-7-6-10(3)8-14(17)18/h4-5,9-10,14,19H,6-8,17-18H2,1-3H3/b11-4+,12-9+,13-5+. The zero-order valence-electron chi connectivity index (χ0n) is 11.9. The van der Waals surface area contributed by atoms with E-state index in [1.165, 1.54) is 6.08 Å². The van der Waals surface area contributed by atoms with Crippen molar-refractivity contribution in [1.29, 1.82) is 0 Å². The number of allylic oxidation sites excluding steroid dienone is 5. The predicted octanol–water partition coefficient (Wildman–Crippen LogP) is 3.29. The van der Waals surface area contributed by atoms with Gasteiger partial charge in [0.1, 0.15) is 5.83 Å². The monoisotopic (exact) mass is 333 g/mol. The highest BCUT2D eigenvalue weighted by atomic mass is 79.9. The minimum absolute atomic E-state index is 0.279. The van der Waals surface area contributed by atoms with E-state index in [4.69, 9.17) is 11.5 Å². The fraction of sp³-hybridized carbons (Fsp3) is 0.571. The highest BCUT2D eigenvalue weighted by molar-refractivity contribution is 9.11. The molecule has 0 spiro atoms. The Kier molecular flexibility index (Phi) is 9.83. The molecule has 0 heterocycles. The highest BCUT2D eigenvalue weighted by Crippen LogP contribution is 2.16. The van der Waals surface area contributed by atoms with Crippen molar-refractivity contribution in [3.05, 3.63) is 34.2 Å². The molecule has 0 aliphatic heterocycles. The molecular weight excluding hydrogens is 309 g/mol. The predicted molar refractivity (Wildman–Crippen MR) is 84.2 cm³/mol. The van der Waals surface area contributed by atoms with Gasteiger partial charge in [-0.25, -0.2) is 4.39 Å². The first-order chi connectivity index (χ1) is 8.90. The summed E-state index contributed by atoms with van der Waals surface area (Å²) in [5, 5.41) is 3.09. The van der Waals surface area contributed by atoms with Crippen molar-refractivity contribution in [3.8, 4) is 0 Å². The lowest BCUT2D eigenvalue weighted by molar-refractivity contribution is 0.436. The van der Waals surface area contributed by atoms with E-state index in [0.717, 1.165) is 12.8 Å². The van der Waals surface area contributed by atoms with E-state index in [9.17, 15) is 4.39 Å². The van der Waals surface area contributed by atoms with Crippen molar-refractivity contribution < 1.29 is 4.39 Å². The van der Waals surface area contributed by atoms with Crippen LogP contribution in [0.5, 0.6) is 0 Å². The Balaban J connectivity index is 4.26. The lowest BCUT2D eigenvalue weighted by atomic mass is 10.0. The Labute approximate surface area is 124 Å². The Bertz CT molecular complexity index is 349. The summed E-state index contributed by atoms with van der Waals surface area (Å²) < 4.78 is 14.6. The molecule has 0 bridgehead atoms. The lowest BCUT2D eigenvalue weighted by Gasteiger charge is -2.15. The number of rotatable bonds is 8. The smallest absolute Gasteiger partial charge is 0.147 e. The molecular formula is C14H25BrFN3. The first-order valence-electron chi connectivity index (χ1n) is 6.51. The molecule has 110 valence electrons. The third-order valence-electron chi connectivity index (χ3n) is 2.71. The summed E-state index contributed by atoms with van der Waals surface area (Å²) in [6.45, 7) is 6.43. The summed E-state index contributed by atoms with van der Waals surface area (Å²) in [6.07, 6.45) is 6.36. The fourth-order valence-corrected chi connectivity index (χ4v) is 1.84. The summed E-state index contributed by atoms with van der Waals surface area (Å²) in [5.41, 5.74) is 11.6. The van der Waals surface area contributed by atoms with Gasteiger partial charge < -0.3 is 16.8 Å². The highest BCUT2D eigenvalue weighted by Gasteiger charge is 2.07. The van der Waals surface area contributed by atoms with Crippen LogP contribution in [0.25, 0.3) is 0 Å². The molecule has 0 saturated heterocycles. The molecule has 0 aromatic rings. The molecule has 1 unspecified atom stereocenters. The molecule has 0 aromatic heterocycles. The van der Waals surface area contributed by atoms with Gasteiger partial charge in [0.2, 0.25) is 0 Å². The molecule has 0 aliphatic rings. The molecule has 5 heteroatoms. The molecule has 0 aliphatic carbocycles. The van der Waals surface area contributed by atoms with Gasteiger partial charge in [0.25, 0.3) is 0 Å². The minimum Gasteiger partial charge on any atom is -0.383 e. The van der Waals surface area contributed by atoms with E-state index in [1.807, 2.05) is 6.92 Å². The van der Waals surface area contributed by atoms with E-state index < -0.39 is 0 Å². The maximum atomic E-state index is 13.9. The molecule has 0 fully saturated rings. The van der Waals surface area contributed by atoms with E-state index in [2.05, 4.69) is 28.2 Å². The summed E-state index contributed by atoms with van der Waals surface area (Å²) >= 11 is 3.26. The third kappa shape index (κ3) is 8.97. The quantitative estimate of drug-likeness (QED) is 0.471. The van der Waals surface area contributed by atoms with Gasteiger partial charge in [0.05, 0.1) is 11.9 Å². The Morgan fingerprint density at radius 2 is 1.95 bits per heavy atom.